The van der Waals surface area contributed by atoms with E-state index in [1.54, 1.807) is 6.26 Å². The van der Waals surface area contributed by atoms with Crippen LogP contribution < -0.4 is 5.32 Å². The van der Waals surface area contributed by atoms with Gasteiger partial charge in [-0.2, -0.15) is 0 Å². The Balaban J connectivity index is 1.22. The largest absolute Gasteiger partial charge is 0.378 e. The van der Waals surface area contributed by atoms with Crippen LogP contribution in [-0.2, 0) is 11.3 Å². The van der Waals surface area contributed by atoms with Crippen molar-refractivity contribution in [3.05, 3.63) is 18.0 Å². The highest BCUT2D eigenvalue weighted by Crippen LogP contribution is 2.20. The van der Waals surface area contributed by atoms with E-state index in [1.807, 2.05) is 13.1 Å². The standard InChI is InChI=1S/C21H37N5O2/c1-22-21(23-11-6-3-7-16-27-20-8-4-2-5-9-20)26-14-12-25(13-15-26)18-19-10-17-28-24-19/h10,17,20H,2-9,11-16,18H2,1H3,(H,22,23). The Kier molecular flexibility index (Phi) is 9.10. The molecule has 0 amide bonds. The molecule has 1 saturated carbocycles. The van der Waals surface area contributed by atoms with Crippen LogP contribution in [0.25, 0.3) is 0 Å². The van der Waals surface area contributed by atoms with Gasteiger partial charge in [-0.05, 0) is 32.1 Å². The lowest BCUT2D eigenvalue weighted by atomic mass is 9.98. The van der Waals surface area contributed by atoms with Gasteiger partial charge in [-0.3, -0.25) is 9.89 Å². The first-order valence-electron chi connectivity index (χ1n) is 11.0. The van der Waals surface area contributed by atoms with Crippen molar-refractivity contribution < 1.29 is 9.26 Å². The van der Waals surface area contributed by atoms with Crippen molar-refractivity contribution in [2.24, 2.45) is 4.99 Å². The number of aromatic nitrogens is 1. The molecule has 0 spiro atoms. The second-order valence-corrected chi connectivity index (χ2v) is 7.92. The average Bonchev–Trinajstić information content (AvgIpc) is 3.25. The van der Waals surface area contributed by atoms with Crippen LogP contribution in [0.15, 0.2) is 21.8 Å². The summed E-state index contributed by atoms with van der Waals surface area (Å²) in [6.45, 7) is 6.79. The molecule has 1 aliphatic heterocycles. The van der Waals surface area contributed by atoms with Gasteiger partial charge in [-0.25, -0.2) is 0 Å². The zero-order chi connectivity index (χ0) is 19.4. The fourth-order valence-electron chi connectivity index (χ4n) is 4.08. The number of unbranched alkanes of at least 4 members (excludes halogenated alkanes) is 2. The third kappa shape index (κ3) is 7.09. The molecular weight excluding hydrogens is 354 g/mol. The Morgan fingerprint density at radius 3 is 2.71 bits per heavy atom. The summed E-state index contributed by atoms with van der Waals surface area (Å²) in [5, 5.41) is 7.53. The van der Waals surface area contributed by atoms with E-state index in [0.717, 1.165) is 63.9 Å². The second kappa shape index (κ2) is 12.1. The van der Waals surface area contributed by atoms with E-state index < -0.39 is 0 Å². The van der Waals surface area contributed by atoms with Gasteiger partial charge in [0.25, 0.3) is 0 Å². The first-order valence-corrected chi connectivity index (χ1v) is 11.0. The first-order chi connectivity index (χ1) is 13.8. The van der Waals surface area contributed by atoms with E-state index in [0.29, 0.717) is 6.10 Å². The summed E-state index contributed by atoms with van der Waals surface area (Å²) in [5.74, 6) is 1.03. The molecule has 0 radical (unpaired) electrons. The summed E-state index contributed by atoms with van der Waals surface area (Å²) in [7, 11) is 1.88. The second-order valence-electron chi connectivity index (χ2n) is 7.92. The maximum absolute atomic E-state index is 6.01. The zero-order valence-corrected chi connectivity index (χ0v) is 17.4. The molecule has 2 fully saturated rings. The number of piperazine rings is 1. The van der Waals surface area contributed by atoms with Gasteiger partial charge in [-0.1, -0.05) is 24.4 Å². The van der Waals surface area contributed by atoms with Crippen molar-refractivity contribution in [3.63, 3.8) is 0 Å². The molecule has 7 heteroatoms. The molecule has 1 N–H and O–H groups in total. The van der Waals surface area contributed by atoms with Crippen LogP contribution in [0.2, 0.25) is 0 Å². The van der Waals surface area contributed by atoms with E-state index in [-0.39, 0.29) is 0 Å². The molecule has 0 bridgehead atoms. The van der Waals surface area contributed by atoms with Gasteiger partial charge in [0.15, 0.2) is 5.96 Å². The van der Waals surface area contributed by atoms with E-state index >= 15 is 0 Å². The number of hydrogen-bond donors (Lipinski definition) is 1. The molecule has 2 heterocycles. The van der Waals surface area contributed by atoms with Gasteiger partial charge in [-0.15, -0.1) is 0 Å². The summed E-state index contributed by atoms with van der Waals surface area (Å²) in [4.78, 5) is 9.23. The molecule has 2 aliphatic rings. The Morgan fingerprint density at radius 1 is 1.18 bits per heavy atom. The lowest BCUT2D eigenvalue weighted by Crippen LogP contribution is -2.52. The molecule has 7 nitrogen and oxygen atoms in total. The number of hydrogen-bond acceptors (Lipinski definition) is 5. The monoisotopic (exact) mass is 391 g/mol. The fraction of sp³-hybridized carbons (Fsp3) is 0.810. The van der Waals surface area contributed by atoms with Crippen LogP contribution in [0.3, 0.4) is 0 Å². The van der Waals surface area contributed by atoms with E-state index in [1.165, 1.54) is 44.9 Å². The highest BCUT2D eigenvalue weighted by molar-refractivity contribution is 5.79. The number of nitrogens with one attached hydrogen (secondary N) is 1. The normalized spacial score (nSPS) is 19.9. The molecule has 1 aliphatic carbocycles. The van der Waals surface area contributed by atoms with Crippen molar-refractivity contribution in [3.8, 4) is 0 Å². The molecule has 0 unspecified atom stereocenters. The average molecular weight is 392 g/mol. The van der Waals surface area contributed by atoms with Crippen LogP contribution in [0, 0.1) is 0 Å². The van der Waals surface area contributed by atoms with Crippen molar-refractivity contribution in [1.82, 2.24) is 20.3 Å². The number of aliphatic imine (C=N–C) groups is 1. The van der Waals surface area contributed by atoms with E-state index in [2.05, 4.69) is 25.3 Å². The van der Waals surface area contributed by atoms with Crippen LogP contribution in [-0.4, -0.2) is 73.4 Å². The summed E-state index contributed by atoms with van der Waals surface area (Å²) in [5.41, 5.74) is 1.00. The van der Waals surface area contributed by atoms with Crippen molar-refractivity contribution in [1.29, 1.82) is 0 Å². The number of ether oxygens (including phenoxy) is 1. The van der Waals surface area contributed by atoms with Gasteiger partial charge in [0, 0.05) is 59.0 Å². The minimum atomic E-state index is 0.536. The Labute approximate surface area is 169 Å². The van der Waals surface area contributed by atoms with E-state index in [9.17, 15) is 0 Å². The maximum Gasteiger partial charge on any atom is 0.193 e. The van der Waals surface area contributed by atoms with Crippen molar-refractivity contribution >= 4 is 5.96 Å². The smallest absolute Gasteiger partial charge is 0.193 e. The third-order valence-corrected chi connectivity index (χ3v) is 5.77. The van der Waals surface area contributed by atoms with Gasteiger partial charge >= 0.3 is 0 Å². The summed E-state index contributed by atoms with van der Waals surface area (Å²) < 4.78 is 10.9. The topological polar surface area (TPSA) is 66.1 Å². The summed E-state index contributed by atoms with van der Waals surface area (Å²) in [6, 6.07) is 1.94. The van der Waals surface area contributed by atoms with Crippen LogP contribution >= 0.6 is 0 Å². The van der Waals surface area contributed by atoms with Crippen molar-refractivity contribution in [2.75, 3.05) is 46.4 Å². The SMILES string of the molecule is CN=C(NCCCCCOC1CCCCC1)N1CCN(Cc2ccon2)CC1. The number of rotatable bonds is 9. The lowest BCUT2D eigenvalue weighted by molar-refractivity contribution is 0.0264. The molecular formula is C21H37N5O2. The van der Waals surface area contributed by atoms with Gasteiger partial charge < -0.3 is 19.5 Å². The van der Waals surface area contributed by atoms with Gasteiger partial charge in [0.05, 0.1) is 11.8 Å². The zero-order valence-electron chi connectivity index (χ0n) is 17.4. The molecule has 3 rings (SSSR count). The van der Waals surface area contributed by atoms with E-state index in [4.69, 9.17) is 9.26 Å². The van der Waals surface area contributed by atoms with Gasteiger partial charge in [0.1, 0.15) is 6.26 Å². The minimum absolute atomic E-state index is 0.536. The molecule has 158 valence electrons. The quantitative estimate of drug-likeness (QED) is 0.397. The van der Waals surface area contributed by atoms with Crippen LogP contribution in [0.1, 0.15) is 57.1 Å². The maximum atomic E-state index is 6.01. The lowest BCUT2D eigenvalue weighted by Gasteiger charge is -2.36. The first kappa shape index (κ1) is 21.1. The fourth-order valence-corrected chi connectivity index (χ4v) is 4.08. The molecule has 0 atom stereocenters. The Bertz CT molecular complexity index is 549. The van der Waals surface area contributed by atoms with Crippen molar-refractivity contribution in [2.45, 2.75) is 64.0 Å². The predicted octanol–water partition coefficient (Wildman–Crippen LogP) is 2.89. The summed E-state index contributed by atoms with van der Waals surface area (Å²) in [6.07, 6.45) is 12.3. The van der Waals surface area contributed by atoms with Crippen LogP contribution in [0.5, 0.6) is 0 Å². The highest BCUT2D eigenvalue weighted by Gasteiger charge is 2.20. The molecule has 1 aromatic rings. The number of nitrogens with zero attached hydrogens (tertiary/aromatic N) is 4. The number of guanidine groups is 1. The molecule has 0 aromatic carbocycles. The minimum Gasteiger partial charge on any atom is -0.378 e. The predicted molar refractivity (Wildman–Crippen MR) is 111 cm³/mol. The third-order valence-electron chi connectivity index (χ3n) is 5.77. The van der Waals surface area contributed by atoms with Crippen LogP contribution in [0.4, 0.5) is 0 Å². The summed E-state index contributed by atoms with van der Waals surface area (Å²) >= 11 is 0. The molecule has 1 aromatic heterocycles. The Morgan fingerprint density at radius 2 is 2.00 bits per heavy atom. The Hall–Kier alpha value is -1.60. The molecule has 28 heavy (non-hydrogen) atoms. The molecule has 1 saturated heterocycles. The highest BCUT2D eigenvalue weighted by atomic mass is 16.5. The van der Waals surface area contributed by atoms with Gasteiger partial charge in [0.2, 0.25) is 0 Å².